The van der Waals surface area contributed by atoms with Gasteiger partial charge in [0.2, 0.25) is 15.9 Å². The molecule has 3 N–H and O–H groups in total. The Morgan fingerprint density at radius 2 is 2.05 bits per heavy atom. The van der Waals surface area contributed by atoms with Crippen LogP contribution in [0.25, 0.3) is 0 Å². The van der Waals surface area contributed by atoms with Crippen LogP contribution in [0.1, 0.15) is 32.3 Å². The molecule has 1 atom stereocenters. The summed E-state index contributed by atoms with van der Waals surface area (Å²) in [4.78, 5) is 12.0. The molecular formula is C13H20N2O3S. The number of amides is 1. The number of carbonyl (C=O) groups excluding carboxylic acids is 1. The van der Waals surface area contributed by atoms with Crippen LogP contribution in [-0.4, -0.2) is 14.3 Å². The molecular weight excluding hydrogens is 264 g/mol. The van der Waals surface area contributed by atoms with Gasteiger partial charge in [0, 0.05) is 11.6 Å². The Bertz CT molecular complexity index is 567. The summed E-state index contributed by atoms with van der Waals surface area (Å²) in [5.41, 5.74) is 0.946. The van der Waals surface area contributed by atoms with Crippen LogP contribution in [0.4, 0.5) is 5.69 Å². The third-order valence-electron chi connectivity index (χ3n) is 3.02. The van der Waals surface area contributed by atoms with E-state index in [0.29, 0.717) is 11.3 Å². The largest absolute Gasteiger partial charge is 0.326 e. The van der Waals surface area contributed by atoms with Crippen LogP contribution in [-0.2, 0) is 14.8 Å². The summed E-state index contributed by atoms with van der Waals surface area (Å²) in [6.07, 6.45) is 1.71. The molecule has 0 aromatic heterocycles. The maximum absolute atomic E-state index is 11.9. The van der Waals surface area contributed by atoms with Crippen LogP contribution < -0.4 is 10.5 Å². The van der Waals surface area contributed by atoms with Gasteiger partial charge in [0.1, 0.15) is 0 Å². The fraction of sp³-hybridized carbons (Fsp3) is 0.462. The van der Waals surface area contributed by atoms with Gasteiger partial charge in [-0.2, -0.15) is 0 Å². The standard InChI is InChI=1S/C13H20N2O3S/c1-4-6-9(2)13(16)15-11-7-5-8-12(10(11)3)19(14,17)18/h5,7-9H,4,6H2,1-3H3,(H,15,16)(H2,14,17,18). The molecule has 0 aliphatic carbocycles. The number of anilines is 1. The minimum atomic E-state index is -3.77. The highest BCUT2D eigenvalue weighted by molar-refractivity contribution is 7.89. The number of primary sulfonamides is 1. The van der Waals surface area contributed by atoms with Gasteiger partial charge < -0.3 is 5.32 Å². The van der Waals surface area contributed by atoms with E-state index in [1.54, 1.807) is 19.1 Å². The smallest absolute Gasteiger partial charge is 0.238 e. The minimum absolute atomic E-state index is 0.0356. The first kappa shape index (κ1) is 15.7. The summed E-state index contributed by atoms with van der Waals surface area (Å²) >= 11 is 0. The zero-order valence-electron chi connectivity index (χ0n) is 11.4. The predicted molar refractivity (Wildman–Crippen MR) is 75.3 cm³/mol. The van der Waals surface area contributed by atoms with E-state index >= 15 is 0 Å². The molecule has 0 saturated heterocycles. The third kappa shape index (κ3) is 4.04. The molecule has 0 bridgehead atoms. The molecule has 0 saturated carbocycles. The molecule has 1 rings (SSSR count). The zero-order chi connectivity index (χ0) is 14.6. The van der Waals surface area contributed by atoms with Crippen LogP contribution in [0.15, 0.2) is 23.1 Å². The number of carbonyl (C=O) groups is 1. The lowest BCUT2D eigenvalue weighted by Crippen LogP contribution is -2.21. The molecule has 1 unspecified atom stereocenters. The van der Waals surface area contributed by atoms with Crippen LogP contribution in [0.3, 0.4) is 0 Å². The summed E-state index contributed by atoms with van der Waals surface area (Å²) < 4.78 is 22.8. The molecule has 19 heavy (non-hydrogen) atoms. The highest BCUT2D eigenvalue weighted by atomic mass is 32.2. The van der Waals surface area contributed by atoms with Crippen LogP contribution in [0.5, 0.6) is 0 Å². The molecule has 5 nitrogen and oxygen atoms in total. The number of sulfonamides is 1. The SMILES string of the molecule is CCCC(C)C(=O)Nc1cccc(S(N)(=O)=O)c1C. The van der Waals surface area contributed by atoms with Crippen molar-refractivity contribution in [2.24, 2.45) is 11.1 Å². The van der Waals surface area contributed by atoms with E-state index < -0.39 is 10.0 Å². The Kier molecular flexibility index (Phi) is 5.08. The van der Waals surface area contributed by atoms with Gasteiger partial charge in [0.25, 0.3) is 0 Å². The third-order valence-corrected chi connectivity index (χ3v) is 4.07. The van der Waals surface area contributed by atoms with Crippen LogP contribution in [0, 0.1) is 12.8 Å². The van der Waals surface area contributed by atoms with Crippen LogP contribution >= 0.6 is 0 Å². The molecule has 0 aliphatic heterocycles. The Labute approximate surface area is 114 Å². The van der Waals surface area contributed by atoms with Crippen molar-refractivity contribution in [3.63, 3.8) is 0 Å². The van der Waals surface area contributed by atoms with Crippen molar-refractivity contribution in [2.75, 3.05) is 5.32 Å². The molecule has 0 spiro atoms. The van der Waals surface area contributed by atoms with Gasteiger partial charge in [0.15, 0.2) is 0 Å². The van der Waals surface area contributed by atoms with Gasteiger partial charge in [-0.15, -0.1) is 0 Å². The number of hydrogen-bond donors (Lipinski definition) is 2. The fourth-order valence-corrected chi connectivity index (χ4v) is 2.68. The molecule has 106 valence electrons. The lowest BCUT2D eigenvalue weighted by molar-refractivity contribution is -0.119. The zero-order valence-corrected chi connectivity index (χ0v) is 12.3. The molecule has 6 heteroatoms. The van der Waals surface area contributed by atoms with E-state index in [4.69, 9.17) is 5.14 Å². The number of hydrogen-bond acceptors (Lipinski definition) is 3. The summed E-state index contributed by atoms with van der Waals surface area (Å²) in [7, 11) is -3.77. The average molecular weight is 284 g/mol. The average Bonchev–Trinajstić information content (AvgIpc) is 2.30. The van der Waals surface area contributed by atoms with Gasteiger partial charge in [-0.3, -0.25) is 4.79 Å². The second-order valence-corrected chi connectivity index (χ2v) is 6.18. The van der Waals surface area contributed by atoms with E-state index in [1.807, 2.05) is 13.8 Å². The minimum Gasteiger partial charge on any atom is -0.326 e. The number of nitrogens with one attached hydrogen (secondary N) is 1. The van der Waals surface area contributed by atoms with E-state index in [-0.39, 0.29) is 16.7 Å². The second kappa shape index (κ2) is 6.16. The van der Waals surface area contributed by atoms with Crippen molar-refractivity contribution in [3.05, 3.63) is 23.8 Å². The van der Waals surface area contributed by atoms with Crippen molar-refractivity contribution < 1.29 is 13.2 Å². The van der Waals surface area contributed by atoms with Crippen molar-refractivity contribution in [3.8, 4) is 0 Å². The van der Waals surface area contributed by atoms with Gasteiger partial charge in [-0.25, -0.2) is 13.6 Å². The Hall–Kier alpha value is -1.40. The maximum atomic E-state index is 11.9. The van der Waals surface area contributed by atoms with Gasteiger partial charge >= 0.3 is 0 Å². The summed E-state index contributed by atoms with van der Waals surface area (Å²) in [6.45, 7) is 5.48. The van der Waals surface area contributed by atoms with E-state index in [2.05, 4.69) is 5.32 Å². The Morgan fingerprint density at radius 3 is 2.58 bits per heavy atom. The predicted octanol–water partition coefficient (Wildman–Crippen LogP) is 2.02. The van der Waals surface area contributed by atoms with Gasteiger partial charge in [0.05, 0.1) is 4.90 Å². The van der Waals surface area contributed by atoms with E-state index in [1.165, 1.54) is 6.07 Å². The fourth-order valence-electron chi connectivity index (χ4n) is 1.88. The van der Waals surface area contributed by atoms with Crippen molar-refractivity contribution in [1.29, 1.82) is 0 Å². The van der Waals surface area contributed by atoms with Gasteiger partial charge in [-0.1, -0.05) is 26.3 Å². The molecule has 0 heterocycles. The van der Waals surface area contributed by atoms with Crippen molar-refractivity contribution in [2.45, 2.75) is 38.5 Å². The molecule has 0 fully saturated rings. The second-order valence-electron chi connectivity index (χ2n) is 4.65. The first-order valence-electron chi connectivity index (χ1n) is 6.20. The van der Waals surface area contributed by atoms with Crippen LogP contribution in [0.2, 0.25) is 0 Å². The van der Waals surface area contributed by atoms with E-state index in [0.717, 1.165) is 12.8 Å². The Morgan fingerprint density at radius 1 is 1.42 bits per heavy atom. The summed E-state index contributed by atoms with van der Waals surface area (Å²) in [5.74, 6) is -0.223. The monoisotopic (exact) mass is 284 g/mol. The first-order chi connectivity index (χ1) is 8.77. The van der Waals surface area contributed by atoms with E-state index in [9.17, 15) is 13.2 Å². The molecule has 1 aromatic carbocycles. The molecule has 1 amide bonds. The van der Waals surface area contributed by atoms with Crippen molar-refractivity contribution >= 4 is 21.6 Å². The molecule has 0 radical (unpaired) electrons. The summed E-state index contributed by atoms with van der Waals surface area (Å²) in [6, 6.07) is 4.66. The lowest BCUT2D eigenvalue weighted by Gasteiger charge is -2.14. The number of nitrogens with two attached hydrogens (primary N) is 1. The van der Waals surface area contributed by atoms with Crippen molar-refractivity contribution in [1.82, 2.24) is 0 Å². The highest BCUT2D eigenvalue weighted by Crippen LogP contribution is 2.22. The highest BCUT2D eigenvalue weighted by Gasteiger charge is 2.17. The molecule has 0 aliphatic rings. The topological polar surface area (TPSA) is 89.3 Å². The normalized spacial score (nSPS) is 13.1. The number of benzene rings is 1. The maximum Gasteiger partial charge on any atom is 0.238 e. The molecule has 1 aromatic rings. The number of rotatable bonds is 5. The first-order valence-corrected chi connectivity index (χ1v) is 7.75. The quantitative estimate of drug-likeness (QED) is 0.866. The summed E-state index contributed by atoms with van der Waals surface area (Å²) in [5, 5.41) is 7.87. The van der Waals surface area contributed by atoms with Gasteiger partial charge in [-0.05, 0) is 31.0 Å². The lowest BCUT2D eigenvalue weighted by atomic mass is 10.1. The Balaban J connectivity index is 3.01.